The predicted molar refractivity (Wildman–Crippen MR) is 104 cm³/mol. The highest BCUT2D eigenvalue weighted by molar-refractivity contribution is 5.94. The molecule has 0 aliphatic carbocycles. The van der Waals surface area contributed by atoms with E-state index in [9.17, 15) is 4.79 Å². The van der Waals surface area contributed by atoms with Crippen LogP contribution in [0.15, 0.2) is 47.7 Å². The highest BCUT2D eigenvalue weighted by Crippen LogP contribution is 2.05. The van der Waals surface area contributed by atoms with Gasteiger partial charge in [-0.3, -0.25) is 14.5 Å². The van der Waals surface area contributed by atoms with E-state index in [2.05, 4.69) is 33.0 Å². The number of nitrogens with one attached hydrogen (secondary N) is 3. The van der Waals surface area contributed by atoms with Crippen molar-refractivity contribution in [3.63, 3.8) is 0 Å². The molecule has 1 atom stereocenters. The van der Waals surface area contributed by atoms with Crippen molar-refractivity contribution in [3.8, 4) is 0 Å². The van der Waals surface area contributed by atoms with Crippen LogP contribution in [0.1, 0.15) is 22.8 Å². The average molecular weight is 356 g/mol. The van der Waals surface area contributed by atoms with Crippen molar-refractivity contribution < 1.29 is 4.79 Å². The molecule has 2 rings (SSSR count). The second-order valence-electron chi connectivity index (χ2n) is 6.24. The SMILES string of the molecule is CN=C(NCCc1cccc(C(=O)NC)c1)NCC(C)Cn1cccn1. The van der Waals surface area contributed by atoms with Crippen molar-refractivity contribution >= 4 is 11.9 Å². The zero-order chi connectivity index (χ0) is 18.8. The summed E-state index contributed by atoms with van der Waals surface area (Å²) in [6.07, 6.45) is 4.57. The van der Waals surface area contributed by atoms with E-state index in [4.69, 9.17) is 0 Å². The second-order valence-corrected chi connectivity index (χ2v) is 6.24. The molecule has 1 aromatic carbocycles. The maximum Gasteiger partial charge on any atom is 0.251 e. The van der Waals surface area contributed by atoms with Crippen molar-refractivity contribution in [1.82, 2.24) is 25.7 Å². The monoisotopic (exact) mass is 356 g/mol. The van der Waals surface area contributed by atoms with Crippen LogP contribution in [0.3, 0.4) is 0 Å². The molecule has 0 bridgehead atoms. The van der Waals surface area contributed by atoms with Gasteiger partial charge in [-0.1, -0.05) is 19.1 Å². The summed E-state index contributed by atoms with van der Waals surface area (Å²) in [5.74, 6) is 1.14. The Morgan fingerprint density at radius 2 is 2.15 bits per heavy atom. The lowest BCUT2D eigenvalue weighted by Gasteiger charge is -2.16. The van der Waals surface area contributed by atoms with Crippen LogP contribution in [0.5, 0.6) is 0 Å². The molecule has 0 saturated carbocycles. The number of amides is 1. The van der Waals surface area contributed by atoms with Crippen molar-refractivity contribution in [3.05, 3.63) is 53.9 Å². The number of rotatable bonds is 8. The van der Waals surface area contributed by atoms with E-state index in [0.717, 1.165) is 37.6 Å². The van der Waals surface area contributed by atoms with Crippen LogP contribution >= 0.6 is 0 Å². The van der Waals surface area contributed by atoms with Crippen LogP contribution in [0.25, 0.3) is 0 Å². The van der Waals surface area contributed by atoms with E-state index >= 15 is 0 Å². The number of aliphatic imine (C=N–C) groups is 1. The molecule has 1 amide bonds. The standard InChI is InChI=1S/C19H28N6O/c1-15(14-25-11-5-9-24-25)13-23-19(21-3)22-10-8-16-6-4-7-17(12-16)18(26)20-2/h4-7,9,11-12,15H,8,10,13-14H2,1-3H3,(H,20,26)(H2,21,22,23). The predicted octanol–water partition coefficient (Wildman–Crippen LogP) is 1.29. The van der Waals surface area contributed by atoms with E-state index in [1.54, 1.807) is 20.3 Å². The summed E-state index contributed by atoms with van der Waals surface area (Å²) >= 11 is 0. The number of hydrogen-bond donors (Lipinski definition) is 3. The lowest BCUT2D eigenvalue weighted by molar-refractivity contribution is 0.0963. The maximum atomic E-state index is 11.7. The lowest BCUT2D eigenvalue weighted by Crippen LogP contribution is -2.40. The molecular formula is C19H28N6O. The molecule has 26 heavy (non-hydrogen) atoms. The molecule has 1 heterocycles. The van der Waals surface area contributed by atoms with E-state index in [-0.39, 0.29) is 5.91 Å². The van der Waals surface area contributed by atoms with Crippen LogP contribution in [0.4, 0.5) is 0 Å². The molecule has 2 aromatic rings. The van der Waals surface area contributed by atoms with Crippen LogP contribution < -0.4 is 16.0 Å². The van der Waals surface area contributed by atoms with Gasteiger partial charge in [-0.15, -0.1) is 0 Å². The van der Waals surface area contributed by atoms with E-state index in [0.29, 0.717) is 11.5 Å². The number of carbonyl (C=O) groups is 1. The Morgan fingerprint density at radius 3 is 2.85 bits per heavy atom. The zero-order valence-electron chi connectivity index (χ0n) is 15.7. The van der Waals surface area contributed by atoms with Gasteiger partial charge in [0.25, 0.3) is 5.91 Å². The fourth-order valence-electron chi connectivity index (χ4n) is 2.62. The van der Waals surface area contributed by atoms with Crippen molar-refractivity contribution in [2.24, 2.45) is 10.9 Å². The van der Waals surface area contributed by atoms with E-state index in [1.165, 1.54) is 0 Å². The normalized spacial score (nSPS) is 12.5. The smallest absolute Gasteiger partial charge is 0.251 e. The topological polar surface area (TPSA) is 83.3 Å². The van der Waals surface area contributed by atoms with Gasteiger partial charge >= 0.3 is 0 Å². The average Bonchev–Trinajstić information content (AvgIpc) is 3.17. The van der Waals surface area contributed by atoms with Gasteiger partial charge in [0.1, 0.15) is 0 Å². The van der Waals surface area contributed by atoms with Gasteiger partial charge in [0.05, 0.1) is 0 Å². The summed E-state index contributed by atoms with van der Waals surface area (Å²) in [4.78, 5) is 15.9. The molecule has 1 aromatic heterocycles. The Labute approximate surface area is 154 Å². The molecule has 0 spiro atoms. The molecular weight excluding hydrogens is 328 g/mol. The number of nitrogens with zero attached hydrogens (tertiary/aromatic N) is 3. The van der Waals surface area contributed by atoms with Gasteiger partial charge in [0, 0.05) is 51.7 Å². The van der Waals surface area contributed by atoms with Gasteiger partial charge in [0.15, 0.2) is 5.96 Å². The summed E-state index contributed by atoms with van der Waals surface area (Å²) in [6.45, 7) is 4.59. The number of aromatic nitrogens is 2. The van der Waals surface area contributed by atoms with Gasteiger partial charge in [-0.2, -0.15) is 5.10 Å². The molecule has 7 heteroatoms. The summed E-state index contributed by atoms with van der Waals surface area (Å²) in [5, 5.41) is 13.5. The first-order valence-corrected chi connectivity index (χ1v) is 8.85. The summed E-state index contributed by atoms with van der Waals surface area (Å²) in [5.41, 5.74) is 1.79. The van der Waals surface area contributed by atoms with Crippen LogP contribution in [-0.2, 0) is 13.0 Å². The Balaban J connectivity index is 1.74. The first kappa shape index (κ1) is 19.5. The second kappa shape index (κ2) is 10.2. The van der Waals surface area contributed by atoms with Crippen molar-refractivity contribution in [2.75, 3.05) is 27.2 Å². The molecule has 0 fully saturated rings. The first-order chi connectivity index (χ1) is 12.6. The number of benzene rings is 1. The van der Waals surface area contributed by atoms with E-state index in [1.807, 2.05) is 41.2 Å². The minimum absolute atomic E-state index is 0.0662. The number of carbonyl (C=O) groups excluding carboxylic acids is 1. The summed E-state index contributed by atoms with van der Waals surface area (Å²) < 4.78 is 1.93. The third kappa shape index (κ3) is 6.23. The van der Waals surface area contributed by atoms with Gasteiger partial charge in [-0.05, 0) is 36.1 Å². The van der Waals surface area contributed by atoms with Crippen LogP contribution in [-0.4, -0.2) is 48.8 Å². The summed E-state index contributed by atoms with van der Waals surface area (Å²) in [7, 11) is 3.40. The largest absolute Gasteiger partial charge is 0.356 e. The lowest BCUT2D eigenvalue weighted by atomic mass is 10.1. The third-order valence-electron chi connectivity index (χ3n) is 4.02. The van der Waals surface area contributed by atoms with Crippen LogP contribution in [0, 0.1) is 5.92 Å². The van der Waals surface area contributed by atoms with Gasteiger partial charge < -0.3 is 16.0 Å². The Morgan fingerprint density at radius 1 is 1.31 bits per heavy atom. The maximum absolute atomic E-state index is 11.7. The van der Waals surface area contributed by atoms with Gasteiger partial charge in [-0.25, -0.2) is 0 Å². The highest BCUT2D eigenvalue weighted by atomic mass is 16.1. The van der Waals surface area contributed by atoms with E-state index < -0.39 is 0 Å². The first-order valence-electron chi connectivity index (χ1n) is 8.85. The van der Waals surface area contributed by atoms with Crippen molar-refractivity contribution in [2.45, 2.75) is 19.9 Å². The highest BCUT2D eigenvalue weighted by Gasteiger charge is 2.06. The molecule has 0 aliphatic heterocycles. The molecule has 3 N–H and O–H groups in total. The Kier molecular flexibility index (Phi) is 7.67. The molecule has 140 valence electrons. The minimum atomic E-state index is -0.0662. The van der Waals surface area contributed by atoms with Crippen LogP contribution in [0.2, 0.25) is 0 Å². The number of guanidine groups is 1. The molecule has 0 saturated heterocycles. The Bertz CT molecular complexity index is 711. The fraction of sp³-hybridized carbons (Fsp3) is 0.421. The number of hydrogen-bond acceptors (Lipinski definition) is 3. The van der Waals surface area contributed by atoms with Crippen molar-refractivity contribution in [1.29, 1.82) is 0 Å². The quantitative estimate of drug-likeness (QED) is 0.492. The molecule has 1 unspecified atom stereocenters. The Hall–Kier alpha value is -2.83. The third-order valence-corrected chi connectivity index (χ3v) is 4.02. The molecule has 7 nitrogen and oxygen atoms in total. The molecule has 0 radical (unpaired) electrons. The fourth-order valence-corrected chi connectivity index (χ4v) is 2.62. The zero-order valence-corrected chi connectivity index (χ0v) is 15.7. The minimum Gasteiger partial charge on any atom is -0.356 e. The summed E-state index contributed by atoms with van der Waals surface area (Å²) in [6, 6.07) is 9.60. The molecule has 0 aliphatic rings. The van der Waals surface area contributed by atoms with Gasteiger partial charge in [0.2, 0.25) is 0 Å².